The molecule has 0 aromatic rings. The summed E-state index contributed by atoms with van der Waals surface area (Å²) in [7, 11) is 0. The molecule has 3 nitrogen and oxygen atoms in total. The number of rotatable bonds is 17. The summed E-state index contributed by atoms with van der Waals surface area (Å²) in [4.78, 5) is 10.4. The Hall–Kier alpha value is -0.830. The van der Waals surface area contributed by atoms with Crippen LogP contribution in [0.5, 0.6) is 0 Å². The number of hydrogen-bond acceptors (Lipinski definition) is 2. The van der Waals surface area contributed by atoms with Crippen LogP contribution in [0, 0.1) is 0 Å². The molecule has 136 valence electrons. The van der Waals surface area contributed by atoms with Crippen molar-refractivity contribution in [2.24, 2.45) is 0 Å². The molecule has 0 aliphatic rings. The zero-order chi connectivity index (χ0) is 17.2. The van der Waals surface area contributed by atoms with Crippen molar-refractivity contribution in [2.75, 3.05) is 0 Å². The molecule has 0 aliphatic heterocycles. The fourth-order valence-electron chi connectivity index (χ4n) is 2.72. The monoisotopic (exact) mass is 326 g/mol. The smallest absolute Gasteiger partial charge is 0.303 e. The Kier molecular flexibility index (Phi) is 16.9. The van der Waals surface area contributed by atoms with Crippen molar-refractivity contribution in [3.63, 3.8) is 0 Å². The van der Waals surface area contributed by atoms with E-state index < -0.39 is 5.97 Å². The quantitative estimate of drug-likeness (QED) is 0.260. The number of aliphatic carboxylic acids is 1. The number of carboxylic acid groups (broad SMARTS) is 1. The van der Waals surface area contributed by atoms with Crippen molar-refractivity contribution >= 4 is 5.97 Å². The molecule has 0 fully saturated rings. The van der Waals surface area contributed by atoms with E-state index in [0.717, 1.165) is 44.9 Å². The van der Waals surface area contributed by atoms with Crippen LogP contribution in [0.2, 0.25) is 0 Å². The average molecular weight is 327 g/mol. The number of carboxylic acids is 1. The largest absolute Gasteiger partial charge is 0.481 e. The SMILES string of the molecule is CCCCCC[C@H](O)C/C=C\CCCCCCCCCC(=O)O. The molecular formula is C20H38O3. The molecule has 0 bridgehead atoms. The molecule has 0 radical (unpaired) electrons. The van der Waals surface area contributed by atoms with Gasteiger partial charge in [0, 0.05) is 6.42 Å². The lowest BCUT2D eigenvalue weighted by molar-refractivity contribution is -0.137. The second kappa shape index (κ2) is 17.5. The summed E-state index contributed by atoms with van der Waals surface area (Å²) in [5, 5.41) is 18.4. The van der Waals surface area contributed by atoms with Crippen LogP contribution in [-0.4, -0.2) is 22.3 Å². The number of aliphatic hydroxyl groups is 1. The summed E-state index contributed by atoms with van der Waals surface area (Å²) in [6.07, 6.45) is 20.2. The summed E-state index contributed by atoms with van der Waals surface area (Å²) in [6, 6.07) is 0. The van der Waals surface area contributed by atoms with Gasteiger partial charge >= 0.3 is 5.97 Å². The highest BCUT2D eigenvalue weighted by atomic mass is 16.4. The van der Waals surface area contributed by atoms with E-state index in [-0.39, 0.29) is 6.10 Å². The maximum absolute atomic E-state index is 10.4. The molecule has 2 N–H and O–H groups in total. The van der Waals surface area contributed by atoms with Crippen molar-refractivity contribution in [3.8, 4) is 0 Å². The standard InChI is InChI=1S/C20H38O3/c1-2-3-4-13-16-19(21)17-14-11-9-7-5-6-8-10-12-15-18-20(22)23/h11,14,19,21H,2-10,12-13,15-18H2,1H3,(H,22,23)/b14-11-/t19-/m0/s1. The van der Waals surface area contributed by atoms with Gasteiger partial charge in [0.1, 0.15) is 0 Å². The normalized spacial score (nSPS) is 12.8. The van der Waals surface area contributed by atoms with Gasteiger partial charge in [-0.15, -0.1) is 0 Å². The van der Waals surface area contributed by atoms with Gasteiger partial charge in [-0.05, 0) is 32.1 Å². The fourth-order valence-corrected chi connectivity index (χ4v) is 2.72. The topological polar surface area (TPSA) is 57.5 Å². The third-order valence-electron chi connectivity index (χ3n) is 4.23. The minimum Gasteiger partial charge on any atom is -0.481 e. The van der Waals surface area contributed by atoms with Gasteiger partial charge in [0.15, 0.2) is 0 Å². The number of carbonyl (C=O) groups is 1. The Morgan fingerprint density at radius 3 is 2.13 bits per heavy atom. The molecule has 1 atom stereocenters. The first-order valence-electron chi connectivity index (χ1n) is 9.71. The van der Waals surface area contributed by atoms with Crippen LogP contribution in [0.4, 0.5) is 0 Å². The summed E-state index contributed by atoms with van der Waals surface area (Å²) in [5.74, 6) is -0.678. The summed E-state index contributed by atoms with van der Waals surface area (Å²) < 4.78 is 0. The molecule has 0 aromatic carbocycles. The Morgan fingerprint density at radius 2 is 1.48 bits per heavy atom. The van der Waals surface area contributed by atoms with Gasteiger partial charge in [0.2, 0.25) is 0 Å². The second-order valence-electron chi connectivity index (χ2n) is 6.62. The van der Waals surface area contributed by atoms with E-state index in [9.17, 15) is 9.90 Å². The molecule has 0 aromatic heterocycles. The fraction of sp³-hybridized carbons (Fsp3) is 0.850. The van der Waals surface area contributed by atoms with Crippen LogP contribution in [-0.2, 0) is 4.79 Å². The molecule has 0 unspecified atom stereocenters. The molecule has 0 aliphatic carbocycles. The molecular weight excluding hydrogens is 288 g/mol. The number of hydrogen-bond donors (Lipinski definition) is 2. The van der Waals surface area contributed by atoms with Crippen molar-refractivity contribution in [1.29, 1.82) is 0 Å². The lowest BCUT2D eigenvalue weighted by Gasteiger charge is -2.07. The Bertz CT molecular complexity index is 287. The predicted molar refractivity (Wildman–Crippen MR) is 97.7 cm³/mol. The highest BCUT2D eigenvalue weighted by molar-refractivity contribution is 5.66. The molecule has 0 rings (SSSR count). The summed E-state index contributed by atoms with van der Waals surface area (Å²) in [5.41, 5.74) is 0. The molecule has 3 heteroatoms. The molecule has 0 spiro atoms. The minimum atomic E-state index is -0.678. The predicted octanol–water partition coefficient (Wildman–Crippen LogP) is 5.86. The molecule has 0 heterocycles. The van der Waals surface area contributed by atoms with Crippen molar-refractivity contribution in [2.45, 2.75) is 109 Å². The average Bonchev–Trinajstić information content (AvgIpc) is 2.52. The van der Waals surface area contributed by atoms with E-state index in [1.165, 1.54) is 44.9 Å². The van der Waals surface area contributed by atoms with Gasteiger partial charge in [-0.25, -0.2) is 0 Å². The van der Waals surface area contributed by atoms with Gasteiger partial charge in [0.25, 0.3) is 0 Å². The summed E-state index contributed by atoms with van der Waals surface area (Å²) in [6.45, 7) is 2.21. The van der Waals surface area contributed by atoms with Crippen LogP contribution in [0.15, 0.2) is 12.2 Å². The minimum absolute atomic E-state index is 0.158. The third kappa shape index (κ3) is 19.1. The first-order chi connectivity index (χ1) is 11.2. The third-order valence-corrected chi connectivity index (χ3v) is 4.23. The van der Waals surface area contributed by atoms with Gasteiger partial charge in [-0.2, -0.15) is 0 Å². The zero-order valence-electron chi connectivity index (χ0n) is 15.1. The van der Waals surface area contributed by atoms with Crippen molar-refractivity contribution in [1.82, 2.24) is 0 Å². The van der Waals surface area contributed by atoms with E-state index in [1.807, 2.05) is 0 Å². The van der Waals surface area contributed by atoms with E-state index in [1.54, 1.807) is 0 Å². The Morgan fingerprint density at radius 1 is 0.870 bits per heavy atom. The van der Waals surface area contributed by atoms with Crippen molar-refractivity contribution in [3.05, 3.63) is 12.2 Å². The highest BCUT2D eigenvalue weighted by Gasteiger charge is 2.00. The van der Waals surface area contributed by atoms with E-state index in [0.29, 0.717) is 6.42 Å². The molecule has 0 amide bonds. The number of aliphatic hydroxyl groups excluding tert-OH is 1. The molecule has 23 heavy (non-hydrogen) atoms. The highest BCUT2D eigenvalue weighted by Crippen LogP contribution is 2.11. The van der Waals surface area contributed by atoms with E-state index in [2.05, 4.69) is 19.1 Å². The van der Waals surface area contributed by atoms with Gasteiger partial charge in [-0.3, -0.25) is 4.79 Å². The lowest BCUT2D eigenvalue weighted by atomic mass is 10.1. The van der Waals surface area contributed by atoms with Crippen LogP contribution in [0.3, 0.4) is 0 Å². The maximum Gasteiger partial charge on any atom is 0.303 e. The second-order valence-corrected chi connectivity index (χ2v) is 6.62. The first kappa shape index (κ1) is 22.2. The van der Waals surface area contributed by atoms with E-state index >= 15 is 0 Å². The number of allylic oxidation sites excluding steroid dienone is 1. The Labute approximate surface area is 143 Å². The van der Waals surface area contributed by atoms with Gasteiger partial charge in [0.05, 0.1) is 6.10 Å². The lowest BCUT2D eigenvalue weighted by Crippen LogP contribution is -2.04. The molecule has 0 saturated heterocycles. The first-order valence-corrected chi connectivity index (χ1v) is 9.71. The zero-order valence-corrected chi connectivity index (χ0v) is 15.1. The Balaban J connectivity index is 3.23. The van der Waals surface area contributed by atoms with Gasteiger partial charge < -0.3 is 10.2 Å². The van der Waals surface area contributed by atoms with E-state index in [4.69, 9.17) is 5.11 Å². The number of unbranched alkanes of at least 4 members (excludes halogenated alkanes) is 10. The summed E-state index contributed by atoms with van der Waals surface area (Å²) >= 11 is 0. The van der Waals surface area contributed by atoms with Crippen molar-refractivity contribution < 1.29 is 15.0 Å². The molecule has 0 saturated carbocycles. The van der Waals surface area contributed by atoms with Crippen LogP contribution >= 0.6 is 0 Å². The maximum atomic E-state index is 10.4. The van der Waals surface area contributed by atoms with Crippen LogP contribution < -0.4 is 0 Å². The van der Waals surface area contributed by atoms with Crippen LogP contribution in [0.25, 0.3) is 0 Å². The van der Waals surface area contributed by atoms with Gasteiger partial charge in [-0.1, -0.05) is 76.9 Å². The van der Waals surface area contributed by atoms with Crippen LogP contribution in [0.1, 0.15) is 103 Å².